The number of carbonyl (C=O) groups is 1. The first-order chi connectivity index (χ1) is 19.8. The van der Waals surface area contributed by atoms with Crippen LogP contribution in [0.15, 0.2) is 91.1 Å². The second-order valence-corrected chi connectivity index (χ2v) is 10.2. The number of hydrogen-bond donors (Lipinski definition) is 1. The number of nitrogens with zero attached hydrogens (tertiary/aromatic N) is 2. The van der Waals surface area contributed by atoms with Gasteiger partial charge in [0.25, 0.3) is 0 Å². The highest BCUT2D eigenvalue weighted by atomic mass is 35.5. The van der Waals surface area contributed by atoms with Gasteiger partial charge >= 0.3 is 5.97 Å². The van der Waals surface area contributed by atoms with Gasteiger partial charge in [-0.25, -0.2) is 9.78 Å². The standard InChI is InChI=1S/C33H27Cl2N3O3/c1-40-31-17-25(12-15-29(31)36)23-8-3-21(4-9-23)7-16-32-37-30(27-14-13-26(34)18-28(27)35)20-38(32)19-22-5-10-24(11-6-22)33(39)41-2/h3-18,20H,19,36H2,1-2H3/b16-7+. The van der Waals surface area contributed by atoms with Crippen LogP contribution >= 0.6 is 23.2 Å². The number of ether oxygens (including phenoxy) is 2. The van der Waals surface area contributed by atoms with Gasteiger partial charge in [0.15, 0.2) is 0 Å². The fourth-order valence-electron chi connectivity index (χ4n) is 4.43. The Bertz CT molecular complexity index is 1730. The number of rotatable bonds is 8. The van der Waals surface area contributed by atoms with Crippen LogP contribution in [-0.4, -0.2) is 29.7 Å². The Labute approximate surface area is 248 Å². The van der Waals surface area contributed by atoms with E-state index in [0.29, 0.717) is 33.6 Å². The first-order valence-electron chi connectivity index (χ1n) is 12.8. The van der Waals surface area contributed by atoms with E-state index in [2.05, 4.69) is 12.1 Å². The third-order valence-electron chi connectivity index (χ3n) is 6.64. The average Bonchev–Trinajstić information content (AvgIpc) is 3.38. The molecule has 0 bridgehead atoms. The summed E-state index contributed by atoms with van der Waals surface area (Å²) in [6.07, 6.45) is 5.94. The Hall–Kier alpha value is -4.52. The minimum Gasteiger partial charge on any atom is -0.495 e. The summed E-state index contributed by atoms with van der Waals surface area (Å²) in [5, 5.41) is 1.08. The van der Waals surface area contributed by atoms with Gasteiger partial charge in [0, 0.05) is 23.3 Å². The highest BCUT2D eigenvalue weighted by Crippen LogP contribution is 2.31. The van der Waals surface area contributed by atoms with E-state index in [9.17, 15) is 4.79 Å². The van der Waals surface area contributed by atoms with Gasteiger partial charge in [-0.3, -0.25) is 0 Å². The van der Waals surface area contributed by atoms with Crippen LogP contribution in [0.2, 0.25) is 10.0 Å². The molecule has 0 aliphatic carbocycles. The number of halogens is 2. The lowest BCUT2D eigenvalue weighted by molar-refractivity contribution is 0.0600. The number of aromatic nitrogens is 2. The molecule has 206 valence electrons. The van der Waals surface area contributed by atoms with Crippen molar-refractivity contribution in [3.05, 3.63) is 124 Å². The molecule has 4 aromatic carbocycles. The number of methoxy groups -OCH3 is 2. The topological polar surface area (TPSA) is 79.4 Å². The number of nitrogens with two attached hydrogens (primary N) is 1. The molecule has 0 spiro atoms. The summed E-state index contributed by atoms with van der Waals surface area (Å²) in [6.45, 7) is 0.539. The van der Waals surface area contributed by atoms with Gasteiger partial charge in [0.05, 0.1) is 36.2 Å². The van der Waals surface area contributed by atoms with Crippen molar-refractivity contribution in [2.24, 2.45) is 0 Å². The fourth-order valence-corrected chi connectivity index (χ4v) is 4.93. The van der Waals surface area contributed by atoms with Crippen molar-refractivity contribution in [1.82, 2.24) is 9.55 Å². The fraction of sp³-hybridized carbons (Fsp3) is 0.0909. The van der Waals surface area contributed by atoms with Crippen LogP contribution < -0.4 is 10.5 Å². The second kappa shape index (κ2) is 12.3. The van der Waals surface area contributed by atoms with Crippen molar-refractivity contribution in [3.8, 4) is 28.1 Å². The van der Waals surface area contributed by atoms with Crippen molar-refractivity contribution >= 4 is 47.0 Å². The summed E-state index contributed by atoms with van der Waals surface area (Å²) in [5.74, 6) is 1.02. The number of imidazole rings is 1. The van der Waals surface area contributed by atoms with Gasteiger partial charge in [-0.2, -0.15) is 0 Å². The van der Waals surface area contributed by atoms with E-state index in [1.807, 2.05) is 71.4 Å². The molecule has 0 saturated carbocycles. The quantitative estimate of drug-likeness (QED) is 0.147. The molecule has 1 aromatic heterocycles. The first-order valence-corrected chi connectivity index (χ1v) is 13.5. The van der Waals surface area contributed by atoms with Crippen molar-refractivity contribution in [2.45, 2.75) is 6.54 Å². The number of carbonyl (C=O) groups excluding carboxylic acids is 1. The minimum atomic E-state index is -0.371. The Morgan fingerprint density at radius 1 is 0.902 bits per heavy atom. The summed E-state index contributed by atoms with van der Waals surface area (Å²) in [6, 6.07) is 26.6. The predicted molar refractivity (Wildman–Crippen MR) is 166 cm³/mol. The van der Waals surface area contributed by atoms with Crippen molar-refractivity contribution < 1.29 is 14.3 Å². The molecule has 0 unspecified atom stereocenters. The van der Waals surface area contributed by atoms with E-state index in [4.69, 9.17) is 43.4 Å². The number of esters is 1. The van der Waals surface area contributed by atoms with Crippen LogP contribution in [0.1, 0.15) is 27.3 Å². The van der Waals surface area contributed by atoms with E-state index in [1.54, 1.807) is 31.4 Å². The molecule has 6 nitrogen and oxygen atoms in total. The van der Waals surface area contributed by atoms with Gasteiger partial charge < -0.3 is 19.8 Å². The molecule has 0 aliphatic rings. The molecule has 0 aliphatic heterocycles. The lowest BCUT2D eigenvalue weighted by Crippen LogP contribution is -2.03. The number of nitrogen functional groups attached to an aromatic ring is 1. The summed E-state index contributed by atoms with van der Waals surface area (Å²) >= 11 is 12.6. The molecule has 0 atom stereocenters. The Morgan fingerprint density at radius 2 is 1.63 bits per heavy atom. The maximum atomic E-state index is 11.8. The Kier molecular flexibility index (Phi) is 8.43. The van der Waals surface area contributed by atoms with Crippen LogP contribution in [0.5, 0.6) is 5.75 Å². The maximum Gasteiger partial charge on any atom is 0.337 e. The van der Waals surface area contributed by atoms with Crippen molar-refractivity contribution in [2.75, 3.05) is 20.0 Å². The molecule has 1 heterocycles. The van der Waals surface area contributed by atoms with Crippen LogP contribution in [0, 0.1) is 0 Å². The summed E-state index contributed by atoms with van der Waals surface area (Å²) < 4.78 is 12.2. The molecule has 0 radical (unpaired) electrons. The maximum absolute atomic E-state index is 11.8. The minimum absolute atomic E-state index is 0.371. The van der Waals surface area contributed by atoms with E-state index in [1.165, 1.54) is 7.11 Å². The first kappa shape index (κ1) is 28.0. The normalized spacial score (nSPS) is 11.1. The van der Waals surface area contributed by atoms with Crippen molar-refractivity contribution in [1.29, 1.82) is 0 Å². The van der Waals surface area contributed by atoms with Crippen LogP contribution in [0.25, 0.3) is 34.5 Å². The molecular weight excluding hydrogens is 557 g/mol. The van der Waals surface area contributed by atoms with Gasteiger partial charge in [0.1, 0.15) is 11.6 Å². The predicted octanol–water partition coefficient (Wildman–Crippen LogP) is 8.12. The van der Waals surface area contributed by atoms with Crippen molar-refractivity contribution in [3.63, 3.8) is 0 Å². The highest BCUT2D eigenvalue weighted by Gasteiger charge is 2.13. The molecule has 41 heavy (non-hydrogen) atoms. The van der Waals surface area contributed by atoms with Gasteiger partial charge in [0.2, 0.25) is 0 Å². The Morgan fingerprint density at radius 3 is 2.32 bits per heavy atom. The number of hydrogen-bond acceptors (Lipinski definition) is 5. The lowest BCUT2D eigenvalue weighted by Gasteiger charge is -2.08. The van der Waals surface area contributed by atoms with Crippen LogP contribution in [0.4, 0.5) is 5.69 Å². The van der Waals surface area contributed by atoms with E-state index in [-0.39, 0.29) is 5.97 Å². The Balaban J connectivity index is 1.44. The van der Waals surface area contributed by atoms with Crippen LogP contribution in [-0.2, 0) is 11.3 Å². The summed E-state index contributed by atoms with van der Waals surface area (Å²) in [7, 11) is 2.98. The van der Waals surface area contributed by atoms with Crippen LogP contribution in [0.3, 0.4) is 0 Å². The molecular formula is C33H27Cl2N3O3. The molecule has 5 aromatic rings. The molecule has 0 saturated heterocycles. The van der Waals surface area contributed by atoms with Gasteiger partial charge in [-0.1, -0.05) is 71.7 Å². The molecule has 0 amide bonds. The molecule has 5 rings (SSSR count). The average molecular weight is 585 g/mol. The number of anilines is 1. The summed E-state index contributed by atoms with van der Waals surface area (Å²) in [4.78, 5) is 16.7. The van der Waals surface area contributed by atoms with E-state index in [0.717, 1.165) is 39.3 Å². The molecule has 2 N–H and O–H groups in total. The van der Waals surface area contributed by atoms with E-state index < -0.39 is 0 Å². The second-order valence-electron chi connectivity index (χ2n) is 9.34. The number of benzene rings is 4. The largest absolute Gasteiger partial charge is 0.495 e. The smallest absolute Gasteiger partial charge is 0.337 e. The lowest BCUT2D eigenvalue weighted by atomic mass is 10.0. The zero-order chi connectivity index (χ0) is 28.9. The van der Waals surface area contributed by atoms with Gasteiger partial charge in [-0.05, 0) is 70.8 Å². The highest BCUT2D eigenvalue weighted by molar-refractivity contribution is 6.36. The molecule has 0 fully saturated rings. The monoisotopic (exact) mass is 583 g/mol. The zero-order valence-corrected chi connectivity index (χ0v) is 24.0. The third-order valence-corrected chi connectivity index (χ3v) is 7.19. The summed E-state index contributed by atoms with van der Waals surface area (Å²) in [5.41, 5.74) is 12.7. The zero-order valence-electron chi connectivity index (χ0n) is 22.5. The third kappa shape index (κ3) is 6.46. The van der Waals surface area contributed by atoms with Gasteiger partial charge in [-0.15, -0.1) is 0 Å². The van der Waals surface area contributed by atoms with E-state index >= 15 is 0 Å². The molecule has 8 heteroatoms. The SMILES string of the molecule is COC(=O)c1ccc(Cn2cc(-c3ccc(Cl)cc3Cl)nc2/C=C/c2ccc(-c3ccc(N)c(OC)c3)cc2)cc1.